The van der Waals surface area contributed by atoms with E-state index in [-0.39, 0.29) is 0 Å². The van der Waals surface area contributed by atoms with E-state index in [0.717, 1.165) is 49.0 Å². The molecule has 19 heavy (non-hydrogen) atoms. The average molecular weight is 258 g/mol. The summed E-state index contributed by atoms with van der Waals surface area (Å²) in [5, 5.41) is 11.8. The summed E-state index contributed by atoms with van der Waals surface area (Å²) in [5.74, 6) is 3.66. The minimum atomic E-state index is 0.594. The Morgan fingerprint density at radius 1 is 1.37 bits per heavy atom. The van der Waals surface area contributed by atoms with Crippen molar-refractivity contribution < 1.29 is 0 Å². The van der Waals surface area contributed by atoms with Gasteiger partial charge < -0.3 is 9.88 Å². The van der Waals surface area contributed by atoms with Crippen LogP contribution in [0.3, 0.4) is 0 Å². The highest BCUT2D eigenvalue weighted by atomic mass is 15.3. The lowest BCUT2D eigenvalue weighted by molar-refractivity contribution is 0.376. The van der Waals surface area contributed by atoms with E-state index in [9.17, 15) is 0 Å². The molecule has 1 unspecified atom stereocenters. The molecule has 1 N–H and O–H groups in total. The smallest absolute Gasteiger partial charge is 0.133 e. The SMILES string of the molecule is Cc1cncnc1NCC1CCc2nnc(C)n2C1. The summed E-state index contributed by atoms with van der Waals surface area (Å²) in [7, 11) is 0. The molecule has 3 rings (SSSR count). The summed E-state index contributed by atoms with van der Waals surface area (Å²) < 4.78 is 2.22. The van der Waals surface area contributed by atoms with E-state index in [1.54, 1.807) is 6.33 Å². The molecule has 0 saturated heterocycles. The van der Waals surface area contributed by atoms with E-state index < -0.39 is 0 Å². The highest BCUT2D eigenvalue weighted by Crippen LogP contribution is 2.20. The van der Waals surface area contributed by atoms with Gasteiger partial charge in [-0.25, -0.2) is 9.97 Å². The van der Waals surface area contributed by atoms with Crippen LogP contribution in [0.1, 0.15) is 23.6 Å². The van der Waals surface area contributed by atoms with Crippen LogP contribution in [0.25, 0.3) is 0 Å². The maximum absolute atomic E-state index is 4.26. The largest absolute Gasteiger partial charge is 0.369 e. The van der Waals surface area contributed by atoms with E-state index in [2.05, 4.69) is 30.0 Å². The van der Waals surface area contributed by atoms with Crippen LogP contribution in [-0.2, 0) is 13.0 Å². The van der Waals surface area contributed by atoms with Gasteiger partial charge in [0, 0.05) is 31.3 Å². The molecule has 1 aliphatic rings. The monoisotopic (exact) mass is 258 g/mol. The van der Waals surface area contributed by atoms with Crippen LogP contribution in [0.2, 0.25) is 0 Å². The minimum Gasteiger partial charge on any atom is -0.369 e. The Labute approximate surface area is 112 Å². The third-order valence-electron chi connectivity index (χ3n) is 3.68. The van der Waals surface area contributed by atoms with Crippen molar-refractivity contribution in [2.75, 3.05) is 11.9 Å². The molecular weight excluding hydrogens is 240 g/mol. The van der Waals surface area contributed by atoms with Crippen LogP contribution in [0.4, 0.5) is 5.82 Å². The van der Waals surface area contributed by atoms with E-state index >= 15 is 0 Å². The fourth-order valence-corrected chi connectivity index (χ4v) is 2.52. The van der Waals surface area contributed by atoms with Crippen molar-refractivity contribution in [3.63, 3.8) is 0 Å². The van der Waals surface area contributed by atoms with E-state index in [1.807, 2.05) is 20.0 Å². The molecule has 1 atom stereocenters. The molecule has 3 heterocycles. The molecular formula is C13H18N6. The first-order valence-corrected chi connectivity index (χ1v) is 6.63. The molecule has 0 amide bonds. The molecule has 100 valence electrons. The lowest BCUT2D eigenvalue weighted by Crippen LogP contribution is -2.27. The van der Waals surface area contributed by atoms with Crippen LogP contribution >= 0.6 is 0 Å². The van der Waals surface area contributed by atoms with Gasteiger partial charge in [-0.2, -0.15) is 0 Å². The Morgan fingerprint density at radius 3 is 3.11 bits per heavy atom. The summed E-state index contributed by atoms with van der Waals surface area (Å²) >= 11 is 0. The molecule has 0 bridgehead atoms. The highest BCUT2D eigenvalue weighted by Gasteiger charge is 2.21. The second kappa shape index (κ2) is 4.95. The minimum absolute atomic E-state index is 0.594. The molecule has 0 spiro atoms. The van der Waals surface area contributed by atoms with E-state index in [4.69, 9.17) is 0 Å². The highest BCUT2D eigenvalue weighted by molar-refractivity contribution is 5.40. The number of anilines is 1. The first-order valence-electron chi connectivity index (χ1n) is 6.63. The normalized spacial score (nSPS) is 18.1. The van der Waals surface area contributed by atoms with Crippen molar-refractivity contribution >= 4 is 5.82 Å². The number of nitrogens with zero attached hydrogens (tertiary/aromatic N) is 5. The predicted octanol–water partition coefficient (Wildman–Crippen LogP) is 1.36. The Bertz CT molecular complexity index is 576. The quantitative estimate of drug-likeness (QED) is 0.900. The molecule has 0 saturated carbocycles. The van der Waals surface area contributed by atoms with Gasteiger partial charge in [-0.3, -0.25) is 0 Å². The summed E-state index contributed by atoms with van der Waals surface area (Å²) in [6.45, 7) is 5.95. The summed E-state index contributed by atoms with van der Waals surface area (Å²) in [6.07, 6.45) is 5.57. The maximum atomic E-state index is 4.26. The maximum Gasteiger partial charge on any atom is 0.133 e. The first-order chi connectivity index (χ1) is 9.24. The Balaban J connectivity index is 1.64. The molecule has 6 nitrogen and oxygen atoms in total. The molecule has 0 aliphatic carbocycles. The van der Waals surface area contributed by atoms with Gasteiger partial charge in [0.05, 0.1) is 0 Å². The summed E-state index contributed by atoms with van der Waals surface area (Å²) in [6, 6.07) is 0. The zero-order valence-electron chi connectivity index (χ0n) is 11.3. The lowest BCUT2D eigenvalue weighted by Gasteiger charge is -2.24. The fraction of sp³-hybridized carbons (Fsp3) is 0.538. The van der Waals surface area contributed by atoms with Crippen LogP contribution in [-0.4, -0.2) is 31.3 Å². The van der Waals surface area contributed by atoms with Crippen molar-refractivity contribution in [3.05, 3.63) is 29.7 Å². The first kappa shape index (κ1) is 12.1. The summed E-state index contributed by atoms with van der Waals surface area (Å²) in [4.78, 5) is 8.26. The third-order valence-corrected chi connectivity index (χ3v) is 3.68. The number of rotatable bonds is 3. The van der Waals surface area contributed by atoms with Gasteiger partial charge in [0.25, 0.3) is 0 Å². The zero-order chi connectivity index (χ0) is 13.2. The van der Waals surface area contributed by atoms with Crippen LogP contribution < -0.4 is 5.32 Å². The summed E-state index contributed by atoms with van der Waals surface area (Å²) in [5.41, 5.74) is 1.08. The third kappa shape index (κ3) is 2.43. The lowest BCUT2D eigenvalue weighted by atomic mass is 9.99. The second-order valence-corrected chi connectivity index (χ2v) is 5.11. The van der Waals surface area contributed by atoms with Crippen molar-refractivity contribution in [2.24, 2.45) is 5.92 Å². The van der Waals surface area contributed by atoms with Crippen molar-refractivity contribution in [3.8, 4) is 0 Å². The molecule has 0 radical (unpaired) electrons. The number of fused-ring (bicyclic) bond motifs is 1. The van der Waals surface area contributed by atoms with Crippen LogP contribution in [0.5, 0.6) is 0 Å². The fourth-order valence-electron chi connectivity index (χ4n) is 2.52. The van der Waals surface area contributed by atoms with Gasteiger partial charge in [0.15, 0.2) is 0 Å². The van der Waals surface area contributed by atoms with Gasteiger partial charge in [-0.15, -0.1) is 10.2 Å². The number of hydrogen-bond donors (Lipinski definition) is 1. The van der Waals surface area contributed by atoms with Gasteiger partial charge in [-0.1, -0.05) is 0 Å². The molecule has 2 aromatic rings. The number of aryl methyl sites for hydroxylation is 3. The Hall–Kier alpha value is -1.98. The van der Waals surface area contributed by atoms with Crippen LogP contribution in [0, 0.1) is 19.8 Å². The molecule has 0 aromatic carbocycles. The number of nitrogens with one attached hydrogen (secondary N) is 1. The molecule has 1 aliphatic heterocycles. The zero-order valence-corrected chi connectivity index (χ0v) is 11.3. The molecule has 0 fully saturated rings. The van der Waals surface area contributed by atoms with Crippen molar-refractivity contribution in [2.45, 2.75) is 33.2 Å². The Kier molecular flexibility index (Phi) is 3.15. The predicted molar refractivity (Wildman–Crippen MR) is 71.8 cm³/mol. The van der Waals surface area contributed by atoms with Crippen LogP contribution in [0.15, 0.2) is 12.5 Å². The van der Waals surface area contributed by atoms with Crippen molar-refractivity contribution in [1.82, 2.24) is 24.7 Å². The standard InChI is InChI=1S/C13H18N6/c1-9-5-14-8-16-13(9)15-6-11-3-4-12-18-17-10(2)19(12)7-11/h5,8,11H,3-4,6-7H2,1-2H3,(H,14,15,16). The van der Waals surface area contributed by atoms with E-state index in [1.165, 1.54) is 0 Å². The number of hydrogen-bond acceptors (Lipinski definition) is 5. The van der Waals surface area contributed by atoms with Gasteiger partial charge in [0.1, 0.15) is 23.8 Å². The molecule has 2 aromatic heterocycles. The molecule has 6 heteroatoms. The van der Waals surface area contributed by atoms with Gasteiger partial charge in [0.2, 0.25) is 0 Å². The topological polar surface area (TPSA) is 68.5 Å². The van der Waals surface area contributed by atoms with Crippen molar-refractivity contribution in [1.29, 1.82) is 0 Å². The number of aromatic nitrogens is 5. The van der Waals surface area contributed by atoms with Gasteiger partial charge >= 0.3 is 0 Å². The average Bonchev–Trinajstić information content (AvgIpc) is 2.79. The van der Waals surface area contributed by atoms with Gasteiger partial charge in [-0.05, 0) is 26.2 Å². The second-order valence-electron chi connectivity index (χ2n) is 5.11. The Morgan fingerprint density at radius 2 is 2.26 bits per heavy atom. The van der Waals surface area contributed by atoms with E-state index in [0.29, 0.717) is 5.92 Å².